The van der Waals surface area contributed by atoms with Crippen LogP contribution in [0, 0.1) is 0 Å². The van der Waals surface area contributed by atoms with Crippen LogP contribution < -0.4 is 0 Å². The summed E-state index contributed by atoms with van der Waals surface area (Å²) in [5.74, 6) is -2.04. The van der Waals surface area contributed by atoms with E-state index in [1.165, 1.54) is 212 Å². The lowest BCUT2D eigenvalue weighted by molar-refractivity contribution is -0.870. The van der Waals surface area contributed by atoms with Crippen molar-refractivity contribution >= 4 is 17.9 Å². The lowest BCUT2D eigenvalue weighted by Gasteiger charge is -2.25. The second-order valence-corrected chi connectivity index (χ2v) is 29.4. The van der Waals surface area contributed by atoms with Gasteiger partial charge in [0.25, 0.3) is 6.29 Å². The van der Waals surface area contributed by atoms with Crippen molar-refractivity contribution in [1.29, 1.82) is 0 Å². The smallest absolute Gasteiger partial charge is 0.361 e. The number of unbranched alkanes of at least 4 members (excludes halogenated alkanes) is 39. The van der Waals surface area contributed by atoms with E-state index in [0.29, 0.717) is 23.9 Å². The quantitative estimate of drug-likeness (QED) is 0.0211. The number of nitrogens with zero attached hydrogens (tertiary/aromatic N) is 1. The minimum absolute atomic E-state index is 0.177. The van der Waals surface area contributed by atoms with Crippen LogP contribution in [0.15, 0.2) is 146 Å². The third-order valence-corrected chi connectivity index (χ3v) is 18.4. The van der Waals surface area contributed by atoms with Crippen LogP contribution >= 0.6 is 0 Å². The molecule has 2 unspecified atom stereocenters. The SMILES string of the molecule is CC/C=C\C/C=C\C/C=C\C/C=C\C/C=C\C/C=C\C/C=C\C/C=C\C/C=C\C/C=C\C/C=C\C/C=C\CCCCCCC(=O)OC(COC(=O)CCCCCCCCCCCCCCCCCCCCCCCCCCCCCCCCCCCCCC)COC(OCC[N+](C)(C)C)C(=O)O. The number of carboxylic acid groups (broad SMARTS) is 1. The van der Waals surface area contributed by atoms with Crippen molar-refractivity contribution in [2.75, 3.05) is 47.5 Å². The highest BCUT2D eigenvalue weighted by molar-refractivity contribution is 5.71. The average Bonchev–Trinajstić information content (AvgIpc) is 0.999. The highest BCUT2D eigenvalue weighted by atomic mass is 16.7. The Bertz CT molecular complexity index is 2200. The molecule has 0 spiro atoms. The van der Waals surface area contributed by atoms with E-state index >= 15 is 0 Å². The van der Waals surface area contributed by atoms with E-state index in [0.717, 1.165) is 122 Å². The van der Waals surface area contributed by atoms with Gasteiger partial charge in [-0.05, 0) is 103 Å². The number of ether oxygens (including phenoxy) is 4. The number of hydrogen-bond acceptors (Lipinski definition) is 7. The van der Waals surface area contributed by atoms with Gasteiger partial charge < -0.3 is 28.5 Å². The summed E-state index contributed by atoms with van der Waals surface area (Å²) in [6.45, 7) is 4.77. The fourth-order valence-corrected chi connectivity index (χ4v) is 11.9. The first kappa shape index (κ1) is 97.2. The molecule has 102 heavy (non-hydrogen) atoms. The Morgan fingerprint density at radius 2 is 0.559 bits per heavy atom. The summed E-state index contributed by atoms with van der Waals surface area (Å²) in [4.78, 5) is 37.8. The molecular formula is C93H160NO8+. The molecule has 1 N–H and O–H groups in total. The summed E-state index contributed by atoms with van der Waals surface area (Å²) in [5.41, 5.74) is 0. The van der Waals surface area contributed by atoms with Crippen LogP contribution in [0.1, 0.15) is 367 Å². The molecule has 0 aliphatic rings. The first-order valence-electron chi connectivity index (χ1n) is 42.5. The highest BCUT2D eigenvalue weighted by Crippen LogP contribution is 2.19. The molecule has 0 aromatic rings. The Kier molecular flexibility index (Phi) is 78.0. The van der Waals surface area contributed by atoms with Gasteiger partial charge in [0.05, 0.1) is 34.4 Å². The number of carboxylic acids is 1. The number of quaternary nitrogens is 1. The van der Waals surface area contributed by atoms with Crippen molar-refractivity contribution < 1.29 is 42.9 Å². The first-order valence-corrected chi connectivity index (χ1v) is 42.5. The number of rotatable bonds is 78. The number of likely N-dealkylation sites (N-methyl/N-ethyl adjacent to an activating group) is 1. The van der Waals surface area contributed by atoms with Crippen LogP contribution in [0.4, 0.5) is 0 Å². The van der Waals surface area contributed by atoms with Crippen molar-refractivity contribution in [1.82, 2.24) is 0 Å². The zero-order valence-electron chi connectivity index (χ0n) is 67.0. The van der Waals surface area contributed by atoms with Crippen molar-refractivity contribution in [3.8, 4) is 0 Å². The number of carbonyl (C=O) groups excluding carboxylic acids is 2. The highest BCUT2D eigenvalue weighted by Gasteiger charge is 2.25. The normalized spacial score (nSPS) is 13.4. The molecule has 9 nitrogen and oxygen atoms in total. The Labute approximate surface area is 630 Å². The molecule has 0 radical (unpaired) electrons. The Hall–Kier alpha value is -4.83. The van der Waals surface area contributed by atoms with Gasteiger partial charge in [0.15, 0.2) is 6.10 Å². The molecule has 0 aromatic heterocycles. The second-order valence-electron chi connectivity index (χ2n) is 29.4. The Morgan fingerprint density at radius 1 is 0.304 bits per heavy atom. The Morgan fingerprint density at radius 3 is 0.833 bits per heavy atom. The largest absolute Gasteiger partial charge is 0.477 e. The molecule has 0 saturated heterocycles. The molecule has 0 bridgehead atoms. The van der Waals surface area contributed by atoms with Gasteiger partial charge in [-0.3, -0.25) is 9.59 Å². The van der Waals surface area contributed by atoms with Crippen LogP contribution in [0.5, 0.6) is 0 Å². The number of esters is 2. The zero-order valence-corrected chi connectivity index (χ0v) is 67.0. The van der Waals surface area contributed by atoms with Gasteiger partial charge in [0.2, 0.25) is 0 Å². The van der Waals surface area contributed by atoms with E-state index in [9.17, 15) is 19.5 Å². The molecule has 0 heterocycles. The molecule has 0 aliphatic carbocycles. The van der Waals surface area contributed by atoms with Crippen LogP contribution in [0.3, 0.4) is 0 Å². The monoisotopic (exact) mass is 1420 g/mol. The minimum Gasteiger partial charge on any atom is -0.477 e. The second kappa shape index (κ2) is 81.8. The first-order chi connectivity index (χ1) is 50.1. The van der Waals surface area contributed by atoms with E-state index in [1.807, 2.05) is 21.1 Å². The van der Waals surface area contributed by atoms with Gasteiger partial charge in [-0.15, -0.1) is 0 Å². The van der Waals surface area contributed by atoms with Crippen molar-refractivity contribution in [2.45, 2.75) is 379 Å². The summed E-state index contributed by atoms with van der Waals surface area (Å²) in [6, 6.07) is 0. The zero-order chi connectivity index (χ0) is 73.9. The number of aliphatic carboxylic acids is 1. The summed E-state index contributed by atoms with van der Waals surface area (Å²) < 4.78 is 23.0. The van der Waals surface area contributed by atoms with Gasteiger partial charge >= 0.3 is 17.9 Å². The van der Waals surface area contributed by atoms with Gasteiger partial charge in [0, 0.05) is 12.8 Å². The van der Waals surface area contributed by atoms with Gasteiger partial charge in [0.1, 0.15) is 13.2 Å². The fraction of sp³-hybridized carbons (Fsp3) is 0.710. The van der Waals surface area contributed by atoms with Gasteiger partial charge in [-0.25, -0.2) is 4.79 Å². The van der Waals surface area contributed by atoms with E-state index in [-0.39, 0.29) is 32.2 Å². The lowest BCUT2D eigenvalue weighted by atomic mass is 10.0. The van der Waals surface area contributed by atoms with E-state index in [1.54, 1.807) is 0 Å². The molecule has 0 aromatic carbocycles. The molecule has 0 aliphatic heterocycles. The third-order valence-electron chi connectivity index (χ3n) is 18.4. The summed E-state index contributed by atoms with van der Waals surface area (Å²) >= 11 is 0. The molecule has 0 amide bonds. The number of hydrogen-bond donors (Lipinski definition) is 1. The lowest BCUT2D eigenvalue weighted by Crippen LogP contribution is -2.40. The summed E-state index contributed by atoms with van der Waals surface area (Å²) in [6.07, 6.45) is 117. The topological polar surface area (TPSA) is 108 Å². The van der Waals surface area contributed by atoms with Crippen LogP contribution in [0.2, 0.25) is 0 Å². The molecule has 0 fully saturated rings. The number of allylic oxidation sites excluding steroid dienone is 24. The standard InChI is InChI=1S/C93H159NO8/c1-6-8-10-12-14-16-18-20-22-24-26-28-30-32-34-36-38-40-42-44-45-46-47-48-50-52-54-56-58-60-62-64-66-68-70-72-74-76-78-80-82-84-91(96)102-89(88-101-93(92(97)98)99-86-85-94(3,4)5)87-100-90(95)83-81-79-77-75-73-71-69-67-65-63-61-59-57-55-53-51-49-43-41-39-37-35-33-31-29-27-25-23-21-19-17-15-13-11-9-7-2/h8,10,14,16,20,22,26,28,32,34,38,40,44-45,47-48,52,54,58,60,64,66,70,72,89,93H,6-7,9,11-13,15,17-19,21,23-25,27,29-31,33,35-37,39,41-43,46,49-51,53,55-57,59,61-63,65,67-69,71,73-88H2,1-5H3/p+1/b10-8-,16-14-,22-20-,28-26-,34-32-,40-38-,45-44-,48-47-,54-52-,60-58-,66-64-,72-70-. The summed E-state index contributed by atoms with van der Waals surface area (Å²) in [7, 11) is 5.97. The van der Waals surface area contributed by atoms with Crippen molar-refractivity contribution in [3.63, 3.8) is 0 Å². The van der Waals surface area contributed by atoms with Gasteiger partial charge in [-0.2, -0.15) is 0 Å². The van der Waals surface area contributed by atoms with Crippen LogP contribution in [0.25, 0.3) is 0 Å². The third kappa shape index (κ3) is 82.5. The minimum atomic E-state index is -1.53. The molecule has 9 heteroatoms. The van der Waals surface area contributed by atoms with Crippen molar-refractivity contribution in [3.05, 3.63) is 146 Å². The van der Waals surface area contributed by atoms with Crippen LogP contribution in [-0.2, 0) is 33.3 Å². The van der Waals surface area contributed by atoms with Crippen LogP contribution in [-0.4, -0.2) is 87.4 Å². The molecular weight excluding hydrogens is 1260 g/mol. The van der Waals surface area contributed by atoms with E-state index < -0.39 is 24.3 Å². The number of carbonyl (C=O) groups is 3. The molecule has 0 saturated carbocycles. The predicted octanol–water partition coefficient (Wildman–Crippen LogP) is 27.8. The maximum absolute atomic E-state index is 13.0. The molecule has 2 atom stereocenters. The van der Waals surface area contributed by atoms with Crippen molar-refractivity contribution in [2.24, 2.45) is 0 Å². The maximum Gasteiger partial charge on any atom is 0.361 e. The molecule has 584 valence electrons. The predicted molar refractivity (Wildman–Crippen MR) is 442 cm³/mol. The van der Waals surface area contributed by atoms with Gasteiger partial charge in [-0.1, -0.05) is 397 Å². The Balaban J connectivity index is 4.09. The molecule has 0 rings (SSSR count). The van der Waals surface area contributed by atoms with E-state index in [2.05, 4.69) is 160 Å². The van der Waals surface area contributed by atoms with E-state index in [4.69, 9.17) is 18.9 Å². The maximum atomic E-state index is 13.0. The summed E-state index contributed by atoms with van der Waals surface area (Å²) in [5, 5.41) is 9.78. The average molecular weight is 1420 g/mol. The fourth-order valence-electron chi connectivity index (χ4n) is 11.9.